The van der Waals surface area contributed by atoms with Crippen LogP contribution < -0.4 is 15.0 Å². The van der Waals surface area contributed by atoms with Crippen LogP contribution in [0.2, 0.25) is 0 Å². The van der Waals surface area contributed by atoms with Crippen LogP contribution in [-0.2, 0) is 20.9 Å². The molecule has 0 spiro atoms. The molecule has 2 aliphatic rings. The summed E-state index contributed by atoms with van der Waals surface area (Å²) >= 11 is 0. The zero-order valence-electron chi connectivity index (χ0n) is 18.7. The minimum Gasteiger partial charge on any atom is -0.485 e. The smallest absolute Gasteiger partial charge is 0.339 e. The van der Waals surface area contributed by atoms with Crippen LogP contribution in [-0.4, -0.2) is 83.1 Å². The molecule has 1 aromatic carbocycles. The van der Waals surface area contributed by atoms with Gasteiger partial charge in [0.1, 0.15) is 13.2 Å². The Hall–Kier alpha value is -4.42. The highest BCUT2D eigenvalue weighted by Crippen LogP contribution is 2.31. The number of carbonyl (C=O) groups is 3. The number of hydrogen-bond donors (Lipinski definition) is 0. The number of aromatic nitrogens is 1. The summed E-state index contributed by atoms with van der Waals surface area (Å²) in [4.78, 5) is 63.2. The van der Waals surface area contributed by atoms with Crippen molar-refractivity contribution in [1.82, 2.24) is 14.4 Å². The van der Waals surface area contributed by atoms with Gasteiger partial charge in [-0.05, 0) is 12.1 Å². The first-order valence-corrected chi connectivity index (χ1v) is 10.7. The Morgan fingerprint density at radius 1 is 1.11 bits per heavy atom. The van der Waals surface area contributed by atoms with Crippen molar-refractivity contribution >= 4 is 23.5 Å². The Balaban J connectivity index is 1.39. The molecule has 13 nitrogen and oxygen atoms in total. The van der Waals surface area contributed by atoms with E-state index >= 15 is 0 Å². The summed E-state index contributed by atoms with van der Waals surface area (Å²) in [7, 11) is 1.10. The van der Waals surface area contributed by atoms with Crippen molar-refractivity contribution in [3.8, 4) is 11.5 Å². The number of nitro groups is 1. The Morgan fingerprint density at radius 3 is 2.43 bits per heavy atom. The predicted molar refractivity (Wildman–Crippen MR) is 118 cm³/mol. The molecule has 0 radical (unpaired) electrons. The summed E-state index contributed by atoms with van der Waals surface area (Å²) in [6.07, 6.45) is 0.254. The highest BCUT2D eigenvalue weighted by Gasteiger charge is 2.33. The van der Waals surface area contributed by atoms with Gasteiger partial charge in [0.2, 0.25) is 12.0 Å². The van der Waals surface area contributed by atoms with Gasteiger partial charge in [-0.3, -0.25) is 29.1 Å². The number of ether oxygens (including phenoxy) is 3. The van der Waals surface area contributed by atoms with Crippen molar-refractivity contribution < 1.29 is 33.5 Å². The molecule has 0 N–H and O–H groups in total. The van der Waals surface area contributed by atoms with Crippen molar-refractivity contribution in [3.63, 3.8) is 0 Å². The van der Waals surface area contributed by atoms with E-state index in [2.05, 4.69) is 4.74 Å². The lowest BCUT2D eigenvalue weighted by Crippen LogP contribution is -2.55. The molecule has 184 valence electrons. The van der Waals surface area contributed by atoms with Crippen molar-refractivity contribution in [3.05, 3.63) is 62.6 Å². The lowest BCUT2D eigenvalue weighted by Gasteiger charge is -2.37. The van der Waals surface area contributed by atoms with Crippen LogP contribution in [0.25, 0.3) is 0 Å². The molecule has 1 aromatic heterocycles. The van der Waals surface area contributed by atoms with Crippen molar-refractivity contribution in [2.24, 2.45) is 0 Å². The minimum atomic E-state index is -1.01. The fourth-order valence-corrected chi connectivity index (χ4v) is 3.86. The number of piperazine rings is 1. The van der Waals surface area contributed by atoms with Gasteiger partial charge in [-0.2, -0.15) is 0 Å². The summed E-state index contributed by atoms with van der Waals surface area (Å²) in [5.41, 5.74) is -2.08. The fraction of sp³-hybridized carbons (Fsp3) is 0.364. The molecule has 0 bridgehead atoms. The third-order valence-corrected chi connectivity index (χ3v) is 5.72. The van der Waals surface area contributed by atoms with Gasteiger partial charge < -0.3 is 24.0 Å². The maximum absolute atomic E-state index is 12.9. The summed E-state index contributed by atoms with van der Waals surface area (Å²) in [5.74, 6) is -0.567. The summed E-state index contributed by atoms with van der Waals surface area (Å²) in [6, 6.07) is 7.86. The molecule has 13 heteroatoms. The Kier molecular flexibility index (Phi) is 6.66. The molecule has 2 amide bonds. The highest BCUT2D eigenvalue weighted by molar-refractivity contribution is 5.89. The normalized spacial score (nSPS) is 17.0. The van der Waals surface area contributed by atoms with E-state index < -0.39 is 40.7 Å². The molecule has 2 aromatic rings. The van der Waals surface area contributed by atoms with E-state index in [0.29, 0.717) is 11.5 Å². The first-order valence-electron chi connectivity index (χ1n) is 10.7. The van der Waals surface area contributed by atoms with Gasteiger partial charge in [0.15, 0.2) is 11.5 Å². The fourth-order valence-electron chi connectivity index (χ4n) is 3.86. The Labute approximate surface area is 198 Å². The van der Waals surface area contributed by atoms with Crippen LogP contribution in [0, 0.1) is 10.1 Å². The topological polar surface area (TPSA) is 151 Å². The number of methoxy groups -OCH3 is 1. The molecule has 1 fully saturated rings. The third kappa shape index (κ3) is 4.93. The third-order valence-electron chi connectivity index (χ3n) is 5.72. The zero-order valence-corrected chi connectivity index (χ0v) is 18.7. The van der Waals surface area contributed by atoms with Crippen LogP contribution in [0.5, 0.6) is 11.5 Å². The van der Waals surface area contributed by atoms with Gasteiger partial charge in [-0.1, -0.05) is 12.1 Å². The second-order valence-corrected chi connectivity index (χ2v) is 7.87. The van der Waals surface area contributed by atoms with Crippen molar-refractivity contribution in [2.45, 2.75) is 12.6 Å². The summed E-state index contributed by atoms with van der Waals surface area (Å²) in [5, 5.41) is 11.2. The van der Waals surface area contributed by atoms with E-state index in [1.54, 1.807) is 29.2 Å². The molecule has 0 aliphatic carbocycles. The summed E-state index contributed by atoms with van der Waals surface area (Å²) in [6.45, 7) is 0.444. The molecule has 0 saturated carbocycles. The highest BCUT2D eigenvalue weighted by atomic mass is 16.6. The van der Waals surface area contributed by atoms with Crippen LogP contribution in [0.1, 0.15) is 10.4 Å². The van der Waals surface area contributed by atoms with Crippen molar-refractivity contribution in [2.75, 3.05) is 39.9 Å². The number of nitrogens with zero attached hydrogens (tertiary/aromatic N) is 4. The number of pyridine rings is 1. The number of benzene rings is 1. The maximum atomic E-state index is 12.9. The summed E-state index contributed by atoms with van der Waals surface area (Å²) < 4.78 is 16.7. The van der Waals surface area contributed by atoms with Gasteiger partial charge in [0.05, 0.1) is 17.6 Å². The Morgan fingerprint density at radius 2 is 1.77 bits per heavy atom. The van der Waals surface area contributed by atoms with Crippen molar-refractivity contribution in [1.29, 1.82) is 0 Å². The van der Waals surface area contributed by atoms with Crippen LogP contribution in [0.15, 0.2) is 41.3 Å². The molecule has 4 rings (SSSR count). The van der Waals surface area contributed by atoms with Crippen LogP contribution in [0.3, 0.4) is 0 Å². The van der Waals surface area contributed by atoms with Gasteiger partial charge >= 0.3 is 17.2 Å². The second-order valence-electron chi connectivity index (χ2n) is 7.87. The zero-order chi connectivity index (χ0) is 25.1. The molecular weight excluding hydrogens is 464 g/mol. The average Bonchev–Trinajstić information content (AvgIpc) is 2.88. The lowest BCUT2D eigenvalue weighted by molar-refractivity contribution is -0.386. The van der Waals surface area contributed by atoms with Gasteiger partial charge in [0, 0.05) is 38.4 Å². The lowest BCUT2D eigenvalue weighted by atomic mass is 10.2. The van der Waals surface area contributed by atoms with E-state index in [1.807, 2.05) is 0 Å². The Bertz CT molecular complexity index is 1230. The number of carbonyl (C=O) groups excluding carboxylic acids is 3. The number of rotatable bonds is 5. The van der Waals surface area contributed by atoms with E-state index in [0.717, 1.165) is 23.9 Å². The molecular formula is C22H22N4O9. The number of fused-ring (bicyclic) bond motifs is 1. The number of amides is 2. The van der Waals surface area contributed by atoms with Gasteiger partial charge in [-0.15, -0.1) is 0 Å². The molecule has 1 unspecified atom stereocenters. The number of para-hydroxylation sites is 2. The molecule has 2 aliphatic heterocycles. The minimum absolute atomic E-state index is 0.0766. The van der Waals surface area contributed by atoms with Crippen LogP contribution >= 0.6 is 0 Å². The monoisotopic (exact) mass is 486 g/mol. The first kappa shape index (κ1) is 23.7. The molecule has 1 saturated heterocycles. The van der Waals surface area contributed by atoms with E-state index in [1.165, 1.54) is 4.90 Å². The molecule has 35 heavy (non-hydrogen) atoms. The molecule has 1 atom stereocenters. The number of hydrogen-bond acceptors (Lipinski definition) is 9. The second kappa shape index (κ2) is 9.83. The standard InChI is InChI=1S/C22H22N4O9/c1-33-22(30)14-10-15(26(31)32)20(28)25(11-14)12-19(27)23-6-8-24(9-7-23)21(29)18-13-34-16-4-2-3-5-17(16)35-18/h2-5,10-11,18H,6-9,12-13H2,1H3. The first-order chi connectivity index (χ1) is 16.8. The maximum Gasteiger partial charge on any atom is 0.339 e. The number of esters is 1. The van der Waals surface area contributed by atoms with E-state index in [4.69, 9.17) is 9.47 Å². The van der Waals surface area contributed by atoms with Gasteiger partial charge in [-0.25, -0.2) is 4.79 Å². The average molecular weight is 486 g/mol. The largest absolute Gasteiger partial charge is 0.485 e. The van der Waals surface area contributed by atoms with Crippen LogP contribution in [0.4, 0.5) is 5.69 Å². The SMILES string of the molecule is COC(=O)c1cc([N+](=O)[O-])c(=O)n(CC(=O)N2CCN(C(=O)C3COc4ccccc4O3)CC2)c1. The van der Waals surface area contributed by atoms with E-state index in [9.17, 15) is 29.3 Å². The van der Waals surface area contributed by atoms with Gasteiger partial charge in [0.25, 0.3) is 5.91 Å². The predicted octanol–water partition coefficient (Wildman–Crippen LogP) is 0.0539. The quantitative estimate of drug-likeness (QED) is 0.324. The molecule has 3 heterocycles. The van der Waals surface area contributed by atoms with E-state index in [-0.39, 0.29) is 44.3 Å².